The van der Waals surface area contributed by atoms with Crippen LogP contribution in [0, 0.1) is 0 Å². The summed E-state index contributed by atoms with van der Waals surface area (Å²) in [6, 6.07) is 3.75. The van der Waals surface area contributed by atoms with Crippen molar-refractivity contribution in [3.63, 3.8) is 0 Å². The largest absolute Gasteiger partial charge is 0.481 e. The Bertz CT molecular complexity index is 447. The third-order valence-electron chi connectivity index (χ3n) is 3.25. The fourth-order valence-electron chi connectivity index (χ4n) is 2.09. The Kier molecular flexibility index (Phi) is 7.39. The molecule has 0 aliphatic rings. The van der Waals surface area contributed by atoms with Crippen LogP contribution in [-0.2, 0) is 16.1 Å². The molecule has 0 radical (unpaired) electrons. The second-order valence-electron chi connectivity index (χ2n) is 4.78. The molecule has 1 aromatic rings. The van der Waals surface area contributed by atoms with Gasteiger partial charge in [-0.25, -0.2) is 0 Å². The first kappa shape index (κ1) is 17.1. The molecule has 1 N–H and O–H groups in total. The normalized spacial score (nSPS) is 10.6. The number of pyridine rings is 1. The third-order valence-corrected chi connectivity index (χ3v) is 3.25. The summed E-state index contributed by atoms with van der Waals surface area (Å²) in [6.45, 7) is 6.29. The predicted molar refractivity (Wildman–Crippen MR) is 79.7 cm³/mol. The van der Waals surface area contributed by atoms with Crippen LogP contribution in [0.4, 0.5) is 0 Å². The molecular formula is C15H23N3O3. The van der Waals surface area contributed by atoms with Crippen molar-refractivity contribution in [3.8, 4) is 0 Å². The van der Waals surface area contributed by atoms with E-state index in [0.29, 0.717) is 26.2 Å². The van der Waals surface area contributed by atoms with E-state index in [0.717, 1.165) is 5.56 Å². The van der Waals surface area contributed by atoms with Crippen LogP contribution >= 0.6 is 0 Å². The topological polar surface area (TPSA) is 73.7 Å². The average molecular weight is 293 g/mol. The average Bonchev–Trinajstić information content (AvgIpc) is 2.47. The van der Waals surface area contributed by atoms with Gasteiger partial charge in [-0.05, 0) is 25.5 Å². The maximum atomic E-state index is 12.2. The van der Waals surface area contributed by atoms with Crippen molar-refractivity contribution in [1.82, 2.24) is 14.8 Å². The van der Waals surface area contributed by atoms with E-state index in [-0.39, 0.29) is 18.9 Å². The lowest BCUT2D eigenvalue weighted by Crippen LogP contribution is -2.40. The van der Waals surface area contributed by atoms with Crippen molar-refractivity contribution in [2.24, 2.45) is 0 Å². The van der Waals surface area contributed by atoms with Crippen LogP contribution in [-0.4, -0.2) is 57.9 Å². The monoisotopic (exact) mass is 293 g/mol. The van der Waals surface area contributed by atoms with Crippen molar-refractivity contribution < 1.29 is 14.7 Å². The quantitative estimate of drug-likeness (QED) is 0.741. The number of amides is 1. The first-order chi connectivity index (χ1) is 10.1. The molecule has 0 spiro atoms. The van der Waals surface area contributed by atoms with Gasteiger partial charge in [-0.15, -0.1) is 0 Å². The Morgan fingerprint density at radius 3 is 2.52 bits per heavy atom. The number of aromatic nitrogens is 1. The summed E-state index contributed by atoms with van der Waals surface area (Å²) in [6.07, 6.45) is 3.44. The van der Waals surface area contributed by atoms with Gasteiger partial charge in [-0.1, -0.05) is 6.07 Å². The standard InChI is InChI=1S/C15H23N3O3/c1-3-18(4-2)14(19)12-17(9-7-15(20)21)11-13-6-5-8-16-10-13/h5-6,8,10H,3-4,7,9,11-12H2,1-2H3,(H,20,21). The number of carbonyl (C=O) groups is 2. The van der Waals surface area contributed by atoms with Crippen LogP contribution in [0.3, 0.4) is 0 Å². The van der Waals surface area contributed by atoms with Crippen LogP contribution in [0.25, 0.3) is 0 Å². The fourth-order valence-corrected chi connectivity index (χ4v) is 2.09. The molecule has 21 heavy (non-hydrogen) atoms. The summed E-state index contributed by atoms with van der Waals surface area (Å²) >= 11 is 0. The lowest BCUT2D eigenvalue weighted by atomic mass is 10.2. The van der Waals surface area contributed by atoms with Gasteiger partial charge in [0.1, 0.15) is 0 Å². The summed E-state index contributed by atoms with van der Waals surface area (Å²) in [5.41, 5.74) is 0.968. The molecule has 0 bridgehead atoms. The highest BCUT2D eigenvalue weighted by Crippen LogP contribution is 2.05. The SMILES string of the molecule is CCN(CC)C(=O)CN(CCC(=O)O)Cc1cccnc1. The van der Waals surface area contributed by atoms with E-state index in [2.05, 4.69) is 4.98 Å². The van der Waals surface area contributed by atoms with Gasteiger partial charge in [0.25, 0.3) is 0 Å². The van der Waals surface area contributed by atoms with Gasteiger partial charge in [-0.2, -0.15) is 0 Å². The molecule has 116 valence electrons. The fraction of sp³-hybridized carbons (Fsp3) is 0.533. The number of nitrogens with zero attached hydrogens (tertiary/aromatic N) is 3. The Morgan fingerprint density at radius 1 is 1.29 bits per heavy atom. The van der Waals surface area contributed by atoms with E-state index < -0.39 is 5.97 Å². The lowest BCUT2D eigenvalue weighted by molar-refractivity contribution is -0.138. The maximum absolute atomic E-state index is 12.2. The number of carboxylic acids is 1. The van der Waals surface area contributed by atoms with Crippen LogP contribution in [0.15, 0.2) is 24.5 Å². The third kappa shape index (κ3) is 6.35. The Morgan fingerprint density at radius 2 is 2.00 bits per heavy atom. The minimum Gasteiger partial charge on any atom is -0.481 e. The molecule has 0 aliphatic carbocycles. The van der Waals surface area contributed by atoms with Crippen LogP contribution in [0.5, 0.6) is 0 Å². The van der Waals surface area contributed by atoms with Gasteiger partial charge in [-0.3, -0.25) is 19.5 Å². The van der Waals surface area contributed by atoms with Crippen LogP contribution < -0.4 is 0 Å². The van der Waals surface area contributed by atoms with E-state index in [4.69, 9.17) is 5.11 Å². The highest BCUT2D eigenvalue weighted by atomic mass is 16.4. The zero-order chi connectivity index (χ0) is 15.7. The van der Waals surface area contributed by atoms with Gasteiger partial charge < -0.3 is 10.0 Å². The van der Waals surface area contributed by atoms with Gasteiger partial charge in [0, 0.05) is 38.6 Å². The molecule has 0 aromatic carbocycles. The molecule has 0 aliphatic heterocycles. The maximum Gasteiger partial charge on any atom is 0.304 e. The number of rotatable bonds is 9. The van der Waals surface area contributed by atoms with Crippen molar-refractivity contribution in [1.29, 1.82) is 0 Å². The molecule has 1 amide bonds. The number of aliphatic carboxylic acids is 1. The number of hydrogen-bond acceptors (Lipinski definition) is 4. The second-order valence-corrected chi connectivity index (χ2v) is 4.78. The second kappa shape index (κ2) is 9.07. The zero-order valence-electron chi connectivity index (χ0n) is 12.7. The van der Waals surface area contributed by atoms with Gasteiger partial charge >= 0.3 is 5.97 Å². The van der Waals surface area contributed by atoms with Crippen molar-refractivity contribution in [2.45, 2.75) is 26.8 Å². The number of hydrogen-bond donors (Lipinski definition) is 1. The molecule has 1 heterocycles. The van der Waals surface area contributed by atoms with E-state index >= 15 is 0 Å². The molecule has 6 heteroatoms. The number of carbonyl (C=O) groups excluding carboxylic acids is 1. The highest BCUT2D eigenvalue weighted by molar-refractivity contribution is 5.78. The molecule has 6 nitrogen and oxygen atoms in total. The Hall–Kier alpha value is -1.95. The summed E-state index contributed by atoms with van der Waals surface area (Å²) < 4.78 is 0. The molecule has 0 atom stereocenters. The minimum absolute atomic E-state index is 0.0196. The van der Waals surface area contributed by atoms with Crippen LogP contribution in [0.2, 0.25) is 0 Å². The predicted octanol–water partition coefficient (Wildman–Crippen LogP) is 1.23. The number of carboxylic acid groups (broad SMARTS) is 1. The van der Waals surface area contributed by atoms with Crippen molar-refractivity contribution in [2.75, 3.05) is 26.2 Å². The highest BCUT2D eigenvalue weighted by Gasteiger charge is 2.16. The smallest absolute Gasteiger partial charge is 0.304 e. The molecule has 1 aromatic heterocycles. The van der Waals surface area contributed by atoms with Crippen molar-refractivity contribution >= 4 is 11.9 Å². The van der Waals surface area contributed by atoms with E-state index in [1.165, 1.54) is 0 Å². The molecule has 0 unspecified atom stereocenters. The van der Waals surface area contributed by atoms with E-state index in [9.17, 15) is 9.59 Å². The van der Waals surface area contributed by atoms with E-state index in [1.54, 1.807) is 17.3 Å². The first-order valence-corrected chi connectivity index (χ1v) is 7.17. The van der Waals surface area contributed by atoms with E-state index in [1.807, 2.05) is 30.9 Å². The molecule has 0 saturated heterocycles. The van der Waals surface area contributed by atoms with Crippen molar-refractivity contribution in [3.05, 3.63) is 30.1 Å². The summed E-state index contributed by atoms with van der Waals surface area (Å²) in [4.78, 5) is 30.6. The molecule has 0 fully saturated rings. The van der Waals surface area contributed by atoms with Gasteiger partial charge in [0.05, 0.1) is 13.0 Å². The summed E-state index contributed by atoms with van der Waals surface area (Å²) in [5, 5.41) is 8.83. The lowest BCUT2D eigenvalue weighted by Gasteiger charge is -2.25. The Labute approximate surface area is 125 Å². The first-order valence-electron chi connectivity index (χ1n) is 7.17. The van der Waals surface area contributed by atoms with Crippen LogP contribution in [0.1, 0.15) is 25.8 Å². The molecule has 0 saturated carbocycles. The van der Waals surface area contributed by atoms with Gasteiger partial charge in [0.2, 0.25) is 5.91 Å². The summed E-state index contributed by atoms with van der Waals surface area (Å²) in [7, 11) is 0. The number of likely N-dealkylation sites (N-methyl/N-ethyl adjacent to an activating group) is 1. The molecule has 1 rings (SSSR count). The minimum atomic E-state index is -0.860. The summed E-state index contributed by atoms with van der Waals surface area (Å²) in [5.74, 6) is -0.837. The van der Waals surface area contributed by atoms with Gasteiger partial charge in [0.15, 0.2) is 0 Å². The Balaban J connectivity index is 2.67. The zero-order valence-corrected chi connectivity index (χ0v) is 12.7. The molecular weight excluding hydrogens is 270 g/mol.